The first-order chi connectivity index (χ1) is 9.50. The number of rotatable bonds is 6. The van der Waals surface area contributed by atoms with Crippen molar-refractivity contribution in [2.45, 2.75) is 64.0 Å². The van der Waals surface area contributed by atoms with Crippen molar-refractivity contribution in [2.75, 3.05) is 31.1 Å². The number of hydrogen-bond donors (Lipinski definition) is 1. The van der Waals surface area contributed by atoms with Crippen LogP contribution in [0, 0.1) is 0 Å². The standard InChI is InChI=1S/C15H30N2O2S/c1-3-7-14-12-16-15(8-5-6-9-15)13-17(14)10-11-20(18,19)4-2/h14,16H,3-13H2,1-2H3. The van der Waals surface area contributed by atoms with Gasteiger partial charge in [-0.05, 0) is 19.3 Å². The largest absolute Gasteiger partial charge is 0.308 e. The van der Waals surface area contributed by atoms with Crippen LogP contribution >= 0.6 is 0 Å². The van der Waals surface area contributed by atoms with Crippen LogP contribution in [0.1, 0.15) is 52.4 Å². The lowest BCUT2D eigenvalue weighted by atomic mass is 9.91. The Morgan fingerprint density at radius 1 is 1.25 bits per heavy atom. The third-order valence-corrected chi connectivity index (χ3v) is 6.73. The van der Waals surface area contributed by atoms with Crippen molar-refractivity contribution < 1.29 is 8.42 Å². The summed E-state index contributed by atoms with van der Waals surface area (Å²) in [4.78, 5) is 2.46. The van der Waals surface area contributed by atoms with Gasteiger partial charge in [0.15, 0.2) is 9.84 Å². The lowest BCUT2D eigenvalue weighted by Crippen LogP contribution is -2.63. The number of piperazine rings is 1. The summed E-state index contributed by atoms with van der Waals surface area (Å²) in [5.41, 5.74) is 0.278. The molecular formula is C15H30N2O2S. The summed E-state index contributed by atoms with van der Waals surface area (Å²) < 4.78 is 23.6. The van der Waals surface area contributed by atoms with Gasteiger partial charge in [0.1, 0.15) is 0 Å². The van der Waals surface area contributed by atoms with Crippen LogP contribution in [0.5, 0.6) is 0 Å². The van der Waals surface area contributed by atoms with Crippen molar-refractivity contribution in [3.05, 3.63) is 0 Å². The molecular weight excluding hydrogens is 272 g/mol. The van der Waals surface area contributed by atoms with Crippen LogP contribution in [0.3, 0.4) is 0 Å². The van der Waals surface area contributed by atoms with Gasteiger partial charge >= 0.3 is 0 Å². The van der Waals surface area contributed by atoms with E-state index in [2.05, 4.69) is 17.1 Å². The molecule has 2 fully saturated rings. The number of hydrogen-bond acceptors (Lipinski definition) is 4. The summed E-state index contributed by atoms with van der Waals surface area (Å²) in [5.74, 6) is 0.586. The minimum absolute atomic E-state index is 0.267. The van der Waals surface area contributed by atoms with Gasteiger partial charge in [-0.15, -0.1) is 0 Å². The summed E-state index contributed by atoms with van der Waals surface area (Å²) in [7, 11) is -2.85. The third-order valence-electron chi connectivity index (χ3n) is 5.05. The van der Waals surface area contributed by atoms with Crippen molar-refractivity contribution >= 4 is 9.84 Å². The highest BCUT2D eigenvalue weighted by Gasteiger charge is 2.40. The fraction of sp³-hybridized carbons (Fsp3) is 1.00. The molecule has 2 aliphatic rings. The van der Waals surface area contributed by atoms with Gasteiger partial charge < -0.3 is 5.32 Å². The van der Waals surface area contributed by atoms with Crippen LogP contribution < -0.4 is 5.32 Å². The van der Waals surface area contributed by atoms with Gasteiger partial charge in [0.05, 0.1) is 5.75 Å². The molecule has 0 bridgehead atoms. The van der Waals surface area contributed by atoms with E-state index >= 15 is 0 Å². The first kappa shape index (κ1) is 16.2. The van der Waals surface area contributed by atoms with Crippen LogP contribution in [-0.2, 0) is 9.84 Å². The molecule has 4 nitrogen and oxygen atoms in total. The van der Waals surface area contributed by atoms with E-state index in [1.807, 2.05) is 0 Å². The maximum atomic E-state index is 11.8. The highest BCUT2D eigenvalue weighted by atomic mass is 32.2. The summed E-state index contributed by atoms with van der Waals surface area (Å²) >= 11 is 0. The molecule has 0 radical (unpaired) electrons. The van der Waals surface area contributed by atoms with E-state index < -0.39 is 9.84 Å². The lowest BCUT2D eigenvalue weighted by molar-refractivity contribution is 0.0811. The Morgan fingerprint density at radius 2 is 1.95 bits per heavy atom. The Hall–Kier alpha value is -0.130. The number of sulfone groups is 1. The molecule has 20 heavy (non-hydrogen) atoms. The average Bonchev–Trinajstić information content (AvgIpc) is 2.88. The van der Waals surface area contributed by atoms with Crippen molar-refractivity contribution in [2.24, 2.45) is 0 Å². The minimum Gasteiger partial charge on any atom is -0.308 e. The summed E-state index contributed by atoms with van der Waals surface area (Å²) in [6.45, 7) is 6.73. The molecule has 1 N–H and O–H groups in total. The van der Waals surface area contributed by atoms with Crippen molar-refractivity contribution in [3.63, 3.8) is 0 Å². The molecule has 1 spiro atoms. The molecule has 1 heterocycles. The molecule has 1 saturated heterocycles. The molecule has 0 amide bonds. The van der Waals surface area contributed by atoms with Crippen molar-refractivity contribution in [3.8, 4) is 0 Å². The van der Waals surface area contributed by atoms with Gasteiger partial charge in [0, 0.05) is 37.0 Å². The Morgan fingerprint density at radius 3 is 2.55 bits per heavy atom. The predicted molar refractivity (Wildman–Crippen MR) is 83.8 cm³/mol. The molecule has 1 unspecified atom stereocenters. The molecule has 1 saturated carbocycles. The highest BCUT2D eigenvalue weighted by Crippen LogP contribution is 2.33. The van der Waals surface area contributed by atoms with E-state index in [1.54, 1.807) is 6.92 Å². The lowest BCUT2D eigenvalue weighted by Gasteiger charge is -2.46. The van der Waals surface area contributed by atoms with Crippen LogP contribution in [-0.4, -0.2) is 56.0 Å². The second kappa shape index (κ2) is 6.75. The van der Waals surface area contributed by atoms with E-state index in [9.17, 15) is 8.42 Å². The highest BCUT2D eigenvalue weighted by molar-refractivity contribution is 7.91. The normalized spacial score (nSPS) is 27.2. The van der Waals surface area contributed by atoms with E-state index in [0.29, 0.717) is 18.3 Å². The zero-order valence-electron chi connectivity index (χ0n) is 13.0. The second-order valence-electron chi connectivity index (χ2n) is 6.52. The molecule has 0 aromatic heterocycles. The van der Waals surface area contributed by atoms with E-state index in [-0.39, 0.29) is 11.3 Å². The minimum atomic E-state index is -2.85. The van der Waals surface area contributed by atoms with E-state index in [1.165, 1.54) is 25.7 Å². The first-order valence-electron chi connectivity index (χ1n) is 8.20. The average molecular weight is 302 g/mol. The van der Waals surface area contributed by atoms with Gasteiger partial charge in [0.2, 0.25) is 0 Å². The number of nitrogens with one attached hydrogen (secondary N) is 1. The quantitative estimate of drug-likeness (QED) is 0.813. The van der Waals surface area contributed by atoms with Crippen molar-refractivity contribution in [1.29, 1.82) is 0 Å². The summed E-state index contributed by atoms with van der Waals surface area (Å²) in [5, 5.41) is 3.78. The summed E-state index contributed by atoms with van der Waals surface area (Å²) in [6, 6.07) is 0.512. The maximum absolute atomic E-state index is 11.8. The molecule has 1 aliphatic carbocycles. The molecule has 0 aromatic rings. The van der Waals surface area contributed by atoms with Crippen LogP contribution in [0.4, 0.5) is 0 Å². The molecule has 1 aliphatic heterocycles. The van der Waals surface area contributed by atoms with Crippen LogP contribution in [0.2, 0.25) is 0 Å². The fourth-order valence-corrected chi connectivity index (χ4v) is 4.51. The Kier molecular flexibility index (Phi) is 5.49. The third kappa shape index (κ3) is 3.95. The van der Waals surface area contributed by atoms with Gasteiger partial charge in [-0.25, -0.2) is 8.42 Å². The second-order valence-corrected chi connectivity index (χ2v) is 8.99. The SMILES string of the molecule is CCCC1CNC2(CCCC2)CN1CCS(=O)(=O)CC. The van der Waals surface area contributed by atoms with E-state index in [0.717, 1.165) is 25.9 Å². The Labute approximate surface area is 124 Å². The summed E-state index contributed by atoms with van der Waals surface area (Å²) in [6.07, 6.45) is 7.45. The Bertz CT molecular complexity index is 402. The topological polar surface area (TPSA) is 49.4 Å². The molecule has 118 valence electrons. The monoisotopic (exact) mass is 302 g/mol. The smallest absolute Gasteiger partial charge is 0.151 e. The molecule has 1 atom stereocenters. The maximum Gasteiger partial charge on any atom is 0.151 e. The zero-order valence-corrected chi connectivity index (χ0v) is 13.8. The fourth-order valence-electron chi connectivity index (χ4n) is 3.70. The van der Waals surface area contributed by atoms with Crippen LogP contribution in [0.15, 0.2) is 0 Å². The molecule has 5 heteroatoms. The number of nitrogens with zero attached hydrogens (tertiary/aromatic N) is 1. The zero-order chi connectivity index (χ0) is 14.6. The van der Waals surface area contributed by atoms with Gasteiger partial charge in [-0.1, -0.05) is 33.1 Å². The first-order valence-corrected chi connectivity index (χ1v) is 10.0. The predicted octanol–water partition coefficient (Wildman–Crippen LogP) is 1.81. The van der Waals surface area contributed by atoms with Crippen LogP contribution in [0.25, 0.3) is 0 Å². The van der Waals surface area contributed by atoms with Gasteiger partial charge in [0.25, 0.3) is 0 Å². The Balaban J connectivity index is 1.99. The molecule has 2 rings (SSSR count). The van der Waals surface area contributed by atoms with E-state index in [4.69, 9.17) is 0 Å². The molecule has 0 aromatic carbocycles. The van der Waals surface area contributed by atoms with Crippen molar-refractivity contribution in [1.82, 2.24) is 10.2 Å². The van der Waals surface area contributed by atoms with Gasteiger partial charge in [-0.2, -0.15) is 0 Å². The van der Waals surface area contributed by atoms with Gasteiger partial charge in [-0.3, -0.25) is 4.90 Å².